The van der Waals surface area contributed by atoms with Crippen molar-refractivity contribution in [2.75, 3.05) is 11.9 Å². The molecular weight excluding hydrogens is 400 g/mol. The first kappa shape index (κ1) is 16.4. The average Bonchev–Trinajstić information content (AvgIpc) is 2.40. The van der Waals surface area contributed by atoms with Gasteiger partial charge in [0.05, 0.1) is 9.50 Å². The van der Waals surface area contributed by atoms with Gasteiger partial charge in [0.2, 0.25) is 0 Å². The highest BCUT2D eigenvalue weighted by atomic mass is 79.9. The second-order valence-corrected chi connectivity index (χ2v) is 6.18. The highest BCUT2D eigenvalue weighted by molar-refractivity contribution is 9.10. The van der Waals surface area contributed by atoms with Gasteiger partial charge in [0.25, 0.3) is 5.91 Å². The first-order valence-electron chi connectivity index (χ1n) is 5.78. The van der Waals surface area contributed by atoms with Gasteiger partial charge in [-0.1, -0.05) is 34.8 Å². The van der Waals surface area contributed by atoms with Crippen LogP contribution in [-0.2, 0) is 4.79 Å². The SMILES string of the molecule is O=C(COc1c(Cl)cc(Cl)cc1Br)Nc1ccc(Cl)cc1. The van der Waals surface area contributed by atoms with Crippen LogP contribution < -0.4 is 10.1 Å². The number of rotatable bonds is 4. The van der Waals surface area contributed by atoms with Crippen LogP contribution in [-0.4, -0.2) is 12.5 Å². The largest absolute Gasteiger partial charge is 0.481 e. The van der Waals surface area contributed by atoms with Gasteiger partial charge in [0.15, 0.2) is 12.4 Å². The molecule has 2 rings (SSSR count). The molecule has 0 saturated heterocycles. The Morgan fingerprint density at radius 3 is 2.38 bits per heavy atom. The second kappa shape index (κ2) is 7.36. The molecule has 0 atom stereocenters. The van der Waals surface area contributed by atoms with Crippen LogP contribution in [0.15, 0.2) is 40.9 Å². The molecule has 0 aliphatic heterocycles. The van der Waals surface area contributed by atoms with Crippen LogP contribution >= 0.6 is 50.7 Å². The van der Waals surface area contributed by atoms with Gasteiger partial charge in [-0.15, -0.1) is 0 Å². The molecule has 0 aliphatic rings. The topological polar surface area (TPSA) is 38.3 Å². The highest BCUT2D eigenvalue weighted by Crippen LogP contribution is 2.35. The summed E-state index contributed by atoms with van der Waals surface area (Å²) in [6.45, 7) is -0.178. The monoisotopic (exact) mass is 407 g/mol. The zero-order valence-electron chi connectivity index (χ0n) is 10.5. The predicted molar refractivity (Wildman–Crippen MR) is 89.7 cm³/mol. The van der Waals surface area contributed by atoms with Crippen molar-refractivity contribution in [1.29, 1.82) is 0 Å². The highest BCUT2D eigenvalue weighted by Gasteiger charge is 2.11. The molecule has 0 fully saturated rings. The van der Waals surface area contributed by atoms with E-state index in [1.54, 1.807) is 36.4 Å². The quantitative estimate of drug-likeness (QED) is 0.732. The van der Waals surface area contributed by atoms with Crippen LogP contribution in [0.1, 0.15) is 0 Å². The Bertz CT molecular complexity index is 639. The lowest BCUT2D eigenvalue weighted by Crippen LogP contribution is -2.20. The lowest BCUT2D eigenvalue weighted by atomic mass is 10.3. The fraction of sp³-hybridized carbons (Fsp3) is 0.0714. The van der Waals surface area contributed by atoms with Crippen LogP contribution in [0.25, 0.3) is 0 Å². The maximum atomic E-state index is 11.8. The Kier molecular flexibility index (Phi) is 5.76. The van der Waals surface area contributed by atoms with Crippen LogP contribution in [0.3, 0.4) is 0 Å². The number of ether oxygens (including phenoxy) is 1. The van der Waals surface area contributed by atoms with Crippen LogP contribution in [0.4, 0.5) is 5.69 Å². The molecule has 0 bridgehead atoms. The van der Waals surface area contributed by atoms with Gasteiger partial charge in [0, 0.05) is 15.7 Å². The van der Waals surface area contributed by atoms with Gasteiger partial charge in [-0.3, -0.25) is 4.79 Å². The van der Waals surface area contributed by atoms with E-state index in [9.17, 15) is 4.79 Å². The van der Waals surface area contributed by atoms with Crippen molar-refractivity contribution in [1.82, 2.24) is 0 Å². The third-order valence-corrected chi connectivity index (χ3v) is 3.78. The Hall–Kier alpha value is -0.940. The number of carbonyl (C=O) groups excluding carboxylic acids is 1. The summed E-state index contributed by atoms with van der Waals surface area (Å²) in [6.07, 6.45) is 0. The van der Waals surface area contributed by atoms with Crippen molar-refractivity contribution in [2.24, 2.45) is 0 Å². The second-order valence-electron chi connectivity index (χ2n) is 4.04. The van der Waals surface area contributed by atoms with E-state index in [-0.39, 0.29) is 12.5 Å². The van der Waals surface area contributed by atoms with E-state index in [1.165, 1.54) is 0 Å². The average molecular weight is 409 g/mol. The minimum atomic E-state index is -0.310. The number of carbonyl (C=O) groups is 1. The minimum absolute atomic E-state index is 0.178. The summed E-state index contributed by atoms with van der Waals surface area (Å²) in [6, 6.07) is 9.95. The zero-order chi connectivity index (χ0) is 15.4. The molecule has 0 heterocycles. The van der Waals surface area contributed by atoms with E-state index in [2.05, 4.69) is 21.2 Å². The number of hydrogen-bond acceptors (Lipinski definition) is 2. The molecule has 1 amide bonds. The van der Waals surface area contributed by atoms with Gasteiger partial charge in [-0.2, -0.15) is 0 Å². The van der Waals surface area contributed by atoms with Crippen molar-refractivity contribution in [2.45, 2.75) is 0 Å². The first-order valence-corrected chi connectivity index (χ1v) is 7.71. The van der Waals surface area contributed by atoms with E-state index in [4.69, 9.17) is 39.5 Å². The van der Waals surface area contributed by atoms with Crippen LogP contribution in [0.2, 0.25) is 15.1 Å². The van der Waals surface area contributed by atoms with Crippen molar-refractivity contribution in [3.8, 4) is 5.75 Å². The van der Waals surface area contributed by atoms with E-state index >= 15 is 0 Å². The number of benzene rings is 2. The molecule has 0 radical (unpaired) electrons. The molecular formula is C14H9BrCl3NO2. The Morgan fingerprint density at radius 2 is 1.76 bits per heavy atom. The lowest BCUT2D eigenvalue weighted by molar-refractivity contribution is -0.118. The molecule has 21 heavy (non-hydrogen) atoms. The fourth-order valence-corrected chi connectivity index (χ4v) is 3.03. The molecule has 2 aromatic rings. The molecule has 110 valence electrons. The van der Waals surface area contributed by atoms with Gasteiger partial charge < -0.3 is 10.1 Å². The molecule has 7 heteroatoms. The van der Waals surface area contributed by atoms with Crippen molar-refractivity contribution in [3.05, 3.63) is 55.9 Å². The smallest absolute Gasteiger partial charge is 0.262 e. The summed E-state index contributed by atoms with van der Waals surface area (Å²) >= 11 is 20.9. The molecule has 0 aliphatic carbocycles. The number of anilines is 1. The molecule has 1 N–H and O–H groups in total. The van der Waals surface area contributed by atoms with Crippen molar-refractivity contribution in [3.63, 3.8) is 0 Å². The number of halogens is 4. The summed E-state index contributed by atoms with van der Waals surface area (Å²) in [5, 5.41) is 4.09. The number of hydrogen-bond donors (Lipinski definition) is 1. The Morgan fingerprint density at radius 1 is 1.10 bits per heavy atom. The van der Waals surface area contributed by atoms with Crippen molar-refractivity contribution >= 4 is 62.3 Å². The minimum Gasteiger partial charge on any atom is -0.481 e. The predicted octanol–water partition coefficient (Wildman–Crippen LogP) is 5.43. The van der Waals surface area contributed by atoms with Gasteiger partial charge in [0.1, 0.15) is 0 Å². The molecule has 3 nitrogen and oxygen atoms in total. The molecule has 0 saturated carbocycles. The maximum Gasteiger partial charge on any atom is 0.262 e. The van der Waals surface area contributed by atoms with Crippen molar-refractivity contribution < 1.29 is 9.53 Å². The normalized spacial score (nSPS) is 10.3. The first-order chi connectivity index (χ1) is 9.95. The Balaban J connectivity index is 1.97. The van der Waals surface area contributed by atoms with Crippen LogP contribution in [0.5, 0.6) is 5.75 Å². The lowest BCUT2D eigenvalue weighted by Gasteiger charge is -2.11. The molecule has 0 aromatic heterocycles. The Labute approximate surface area is 145 Å². The summed E-state index contributed by atoms with van der Waals surface area (Å²) in [4.78, 5) is 11.8. The fourth-order valence-electron chi connectivity index (χ4n) is 1.53. The molecule has 2 aromatic carbocycles. The molecule has 0 spiro atoms. The number of nitrogens with one attached hydrogen (secondary N) is 1. The summed E-state index contributed by atoms with van der Waals surface area (Å²) in [5.41, 5.74) is 0.634. The summed E-state index contributed by atoms with van der Waals surface area (Å²) in [5.74, 6) is 0.0579. The van der Waals surface area contributed by atoms with Gasteiger partial charge >= 0.3 is 0 Å². The third kappa shape index (κ3) is 4.78. The van der Waals surface area contributed by atoms with Gasteiger partial charge in [-0.05, 0) is 52.3 Å². The standard InChI is InChI=1S/C14H9BrCl3NO2/c15-11-5-9(17)6-12(18)14(11)21-7-13(20)19-10-3-1-8(16)2-4-10/h1-6H,7H2,(H,19,20). The summed E-state index contributed by atoms with van der Waals surface area (Å²) in [7, 11) is 0. The van der Waals surface area contributed by atoms with E-state index in [0.29, 0.717) is 31.0 Å². The van der Waals surface area contributed by atoms with E-state index in [0.717, 1.165) is 0 Å². The van der Waals surface area contributed by atoms with Gasteiger partial charge in [-0.25, -0.2) is 0 Å². The maximum absolute atomic E-state index is 11.8. The number of amides is 1. The summed E-state index contributed by atoms with van der Waals surface area (Å²) < 4.78 is 5.99. The molecule has 0 unspecified atom stereocenters. The third-order valence-electron chi connectivity index (χ3n) is 2.44. The van der Waals surface area contributed by atoms with E-state index in [1.807, 2.05) is 0 Å². The zero-order valence-corrected chi connectivity index (χ0v) is 14.4. The van der Waals surface area contributed by atoms with E-state index < -0.39 is 0 Å². The van der Waals surface area contributed by atoms with Crippen LogP contribution in [0, 0.1) is 0 Å².